The van der Waals surface area contributed by atoms with Gasteiger partial charge in [-0.15, -0.1) is 0 Å². The second-order valence-electron chi connectivity index (χ2n) is 7.40. The molecule has 11 nitrogen and oxygen atoms in total. The normalized spacial score (nSPS) is 15.5. The van der Waals surface area contributed by atoms with Crippen LogP contribution in [-0.4, -0.2) is 43.1 Å². The Morgan fingerprint density at radius 3 is 2.68 bits per heavy atom. The van der Waals surface area contributed by atoms with E-state index in [1.54, 1.807) is 35.9 Å². The van der Waals surface area contributed by atoms with Crippen LogP contribution in [0.25, 0.3) is 11.2 Å². The molecule has 3 aromatic rings. The van der Waals surface area contributed by atoms with Crippen molar-refractivity contribution in [2.75, 3.05) is 11.4 Å². The van der Waals surface area contributed by atoms with Gasteiger partial charge < -0.3 is 19.9 Å². The average molecular weight is 426 g/mol. The van der Waals surface area contributed by atoms with Gasteiger partial charge in [0, 0.05) is 27.1 Å². The van der Waals surface area contributed by atoms with Crippen LogP contribution in [0.15, 0.2) is 40.2 Å². The van der Waals surface area contributed by atoms with E-state index in [0.717, 1.165) is 4.57 Å². The van der Waals surface area contributed by atoms with Crippen molar-refractivity contribution in [2.45, 2.75) is 25.5 Å². The standard InChI is InChI=1S/C20H22N6O5/c1-23-18-16(19(29)24(2)20(23)30)25(11-22-18)9-5-8-15(27)26-10-14(17(21)28)31-13-7-4-3-6-12(13)26/h3-4,6-7,11,14H,5,8-10H2,1-2H3,(H2,21,28). The van der Waals surface area contributed by atoms with Gasteiger partial charge in [0.05, 0.1) is 18.6 Å². The summed E-state index contributed by atoms with van der Waals surface area (Å²) in [7, 11) is 2.96. The quantitative estimate of drug-likeness (QED) is 0.584. The highest BCUT2D eigenvalue weighted by molar-refractivity contribution is 5.97. The number of carbonyl (C=O) groups is 2. The maximum Gasteiger partial charge on any atom is 0.332 e. The summed E-state index contributed by atoms with van der Waals surface area (Å²) >= 11 is 0. The highest BCUT2D eigenvalue weighted by Gasteiger charge is 2.32. The Hall–Kier alpha value is -3.89. The fourth-order valence-electron chi connectivity index (χ4n) is 3.72. The van der Waals surface area contributed by atoms with E-state index in [0.29, 0.717) is 35.6 Å². The Morgan fingerprint density at radius 1 is 1.19 bits per heavy atom. The number of benzene rings is 1. The van der Waals surface area contributed by atoms with E-state index >= 15 is 0 Å². The first kappa shape index (κ1) is 20.4. The van der Waals surface area contributed by atoms with E-state index in [9.17, 15) is 19.2 Å². The molecule has 1 aliphatic heterocycles. The van der Waals surface area contributed by atoms with Gasteiger partial charge in [-0.05, 0) is 18.6 Å². The maximum atomic E-state index is 12.9. The van der Waals surface area contributed by atoms with Crippen LogP contribution in [0.4, 0.5) is 5.69 Å². The molecule has 1 aliphatic rings. The van der Waals surface area contributed by atoms with Crippen LogP contribution in [0.5, 0.6) is 5.75 Å². The van der Waals surface area contributed by atoms with Crippen molar-refractivity contribution in [1.29, 1.82) is 0 Å². The molecule has 2 amide bonds. The van der Waals surface area contributed by atoms with Gasteiger partial charge in [-0.1, -0.05) is 12.1 Å². The van der Waals surface area contributed by atoms with Crippen LogP contribution in [0, 0.1) is 0 Å². The van der Waals surface area contributed by atoms with Gasteiger partial charge in [-0.3, -0.25) is 23.5 Å². The zero-order chi connectivity index (χ0) is 22.3. The van der Waals surface area contributed by atoms with Crippen molar-refractivity contribution in [1.82, 2.24) is 18.7 Å². The van der Waals surface area contributed by atoms with Crippen molar-refractivity contribution in [2.24, 2.45) is 19.8 Å². The molecule has 0 saturated carbocycles. The molecule has 0 radical (unpaired) electrons. The molecular weight excluding hydrogens is 404 g/mol. The Balaban J connectivity index is 1.52. The summed E-state index contributed by atoms with van der Waals surface area (Å²) in [6, 6.07) is 6.97. The van der Waals surface area contributed by atoms with Crippen LogP contribution in [0.2, 0.25) is 0 Å². The summed E-state index contributed by atoms with van der Waals surface area (Å²) in [4.78, 5) is 54.8. The number of hydrogen-bond acceptors (Lipinski definition) is 6. The lowest BCUT2D eigenvalue weighted by molar-refractivity contribution is -0.125. The highest BCUT2D eigenvalue weighted by Crippen LogP contribution is 2.33. The number of para-hydroxylation sites is 2. The molecule has 0 spiro atoms. The molecule has 1 atom stereocenters. The second kappa shape index (κ2) is 7.74. The van der Waals surface area contributed by atoms with Gasteiger partial charge in [-0.25, -0.2) is 9.78 Å². The van der Waals surface area contributed by atoms with Gasteiger partial charge >= 0.3 is 5.69 Å². The lowest BCUT2D eigenvalue weighted by Crippen LogP contribution is -2.49. The van der Waals surface area contributed by atoms with E-state index < -0.39 is 23.3 Å². The SMILES string of the molecule is Cn1c(=O)c2c(ncn2CCCC(=O)N2CC(C(N)=O)Oc3ccccc32)n(C)c1=O. The summed E-state index contributed by atoms with van der Waals surface area (Å²) in [5.74, 6) is -0.402. The van der Waals surface area contributed by atoms with Crippen LogP contribution < -0.4 is 26.6 Å². The number of hydrogen-bond donors (Lipinski definition) is 1. The van der Waals surface area contributed by atoms with E-state index in [-0.39, 0.29) is 18.9 Å². The van der Waals surface area contributed by atoms with Crippen LogP contribution >= 0.6 is 0 Å². The predicted molar refractivity (Wildman–Crippen MR) is 112 cm³/mol. The Labute approximate surface area is 176 Å². The second-order valence-corrected chi connectivity index (χ2v) is 7.40. The molecule has 11 heteroatoms. The van der Waals surface area contributed by atoms with Crippen molar-refractivity contribution < 1.29 is 14.3 Å². The summed E-state index contributed by atoms with van der Waals surface area (Å²) in [5.41, 5.74) is 5.69. The summed E-state index contributed by atoms with van der Waals surface area (Å²) in [6.45, 7) is 0.406. The monoisotopic (exact) mass is 426 g/mol. The topological polar surface area (TPSA) is 134 Å². The molecule has 162 valence electrons. The first-order chi connectivity index (χ1) is 14.8. The maximum absolute atomic E-state index is 12.9. The minimum Gasteiger partial charge on any atom is -0.477 e. The fraction of sp³-hybridized carbons (Fsp3) is 0.350. The van der Waals surface area contributed by atoms with E-state index in [4.69, 9.17) is 10.5 Å². The zero-order valence-corrected chi connectivity index (χ0v) is 17.1. The average Bonchev–Trinajstić information content (AvgIpc) is 3.19. The van der Waals surface area contributed by atoms with Gasteiger partial charge in [0.15, 0.2) is 17.3 Å². The molecule has 0 aliphatic carbocycles. The van der Waals surface area contributed by atoms with E-state index in [1.165, 1.54) is 22.8 Å². The lowest BCUT2D eigenvalue weighted by Gasteiger charge is -2.33. The molecule has 0 fully saturated rings. The Bertz CT molecular complexity index is 1300. The van der Waals surface area contributed by atoms with Crippen LogP contribution in [-0.2, 0) is 30.2 Å². The molecular formula is C20H22N6O5. The highest BCUT2D eigenvalue weighted by atomic mass is 16.5. The third kappa shape index (κ3) is 3.47. The number of carbonyl (C=O) groups excluding carboxylic acids is 2. The number of amides is 2. The van der Waals surface area contributed by atoms with Gasteiger partial charge in [-0.2, -0.15) is 0 Å². The van der Waals surface area contributed by atoms with Gasteiger partial charge in [0.2, 0.25) is 5.91 Å². The minimum absolute atomic E-state index is 0.0435. The number of anilines is 1. The van der Waals surface area contributed by atoms with E-state index in [2.05, 4.69) is 4.98 Å². The molecule has 2 aromatic heterocycles. The number of rotatable bonds is 5. The number of ether oxygens (including phenoxy) is 1. The van der Waals surface area contributed by atoms with Crippen molar-refractivity contribution >= 4 is 28.7 Å². The number of aromatic nitrogens is 4. The van der Waals surface area contributed by atoms with Crippen molar-refractivity contribution in [3.63, 3.8) is 0 Å². The number of primary amides is 1. The number of aryl methyl sites for hydroxylation is 2. The zero-order valence-electron chi connectivity index (χ0n) is 17.1. The van der Waals surface area contributed by atoms with Gasteiger partial charge in [0.25, 0.3) is 11.5 Å². The molecule has 1 unspecified atom stereocenters. The predicted octanol–water partition coefficient (Wildman–Crippen LogP) is -0.507. The van der Waals surface area contributed by atoms with Crippen LogP contribution in [0.3, 0.4) is 0 Å². The number of nitrogens with zero attached hydrogens (tertiary/aromatic N) is 5. The van der Waals surface area contributed by atoms with E-state index in [1.807, 2.05) is 0 Å². The number of imidazole rings is 1. The van der Waals surface area contributed by atoms with Gasteiger partial charge in [0.1, 0.15) is 5.75 Å². The summed E-state index contributed by atoms with van der Waals surface area (Å²) in [5, 5.41) is 0. The third-order valence-corrected chi connectivity index (χ3v) is 5.40. The molecule has 4 rings (SSSR count). The largest absolute Gasteiger partial charge is 0.477 e. The third-order valence-electron chi connectivity index (χ3n) is 5.40. The smallest absolute Gasteiger partial charge is 0.332 e. The van der Waals surface area contributed by atoms with Crippen molar-refractivity contribution in [3.8, 4) is 5.75 Å². The molecule has 3 heterocycles. The molecule has 0 saturated heterocycles. The molecule has 31 heavy (non-hydrogen) atoms. The number of fused-ring (bicyclic) bond motifs is 2. The fourth-order valence-corrected chi connectivity index (χ4v) is 3.72. The lowest BCUT2D eigenvalue weighted by atomic mass is 10.1. The van der Waals surface area contributed by atoms with Crippen molar-refractivity contribution in [3.05, 3.63) is 51.4 Å². The molecule has 1 aromatic carbocycles. The Kier molecular flexibility index (Phi) is 5.09. The summed E-state index contributed by atoms with van der Waals surface area (Å²) < 4.78 is 9.57. The Morgan fingerprint density at radius 2 is 1.94 bits per heavy atom. The minimum atomic E-state index is -0.916. The molecule has 0 bridgehead atoms. The first-order valence-corrected chi connectivity index (χ1v) is 9.75. The first-order valence-electron chi connectivity index (χ1n) is 9.75. The molecule has 2 N–H and O–H groups in total. The van der Waals surface area contributed by atoms with Crippen LogP contribution in [0.1, 0.15) is 12.8 Å². The number of nitrogens with two attached hydrogens (primary N) is 1. The summed E-state index contributed by atoms with van der Waals surface area (Å²) in [6.07, 6.45) is 1.17.